The molecular formula is C19H22N4O3. The molecule has 1 saturated heterocycles. The van der Waals surface area contributed by atoms with Crippen LogP contribution in [0.5, 0.6) is 0 Å². The minimum Gasteiger partial charge on any atom is -0.379 e. The fourth-order valence-corrected chi connectivity index (χ4v) is 3.12. The first kappa shape index (κ1) is 18.0. The van der Waals surface area contributed by atoms with Crippen molar-refractivity contribution in [1.82, 2.24) is 4.90 Å². The Hall–Kier alpha value is -2.77. The van der Waals surface area contributed by atoms with E-state index in [1.54, 1.807) is 18.2 Å². The molecule has 26 heavy (non-hydrogen) atoms. The molecule has 7 nitrogen and oxygen atoms in total. The van der Waals surface area contributed by atoms with Crippen molar-refractivity contribution in [1.29, 1.82) is 0 Å². The summed E-state index contributed by atoms with van der Waals surface area (Å²) in [6.45, 7) is 4.95. The van der Waals surface area contributed by atoms with Crippen LogP contribution in [0.4, 0.5) is 11.4 Å². The summed E-state index contributed by atoms with van der Waals surface area (Å²) in [6.07, 6.45) is 0. The SMILES string of the molecule is C/C(=N/Nc1ccccc1[N+](=O)[O-])[C@@H](c1ccccc1)N1CCOCC1. The summed E-state index contributed by atoms with van der Waals surface area (Å²) in [7, 11) is 0. The zero-order chi connectivity index (χ0) is 18.4. The van der Waals surface area contributed by atoms with Gasteiger partial charge < -0.3 is 4.74 Å². The van der Waals surface area contributed by atoms with Gasteiger partial charge in [-0.25, -0.2) is 0 Å². The Balaban J connectivity index is 1.86. The molecule has 7 heteroatoms. The molecule has 1 N–H and O–H groups in total. The second-order valence-electron chi connectivity index (χ2n) is 6.10. The number of ether oxygens (including phenoxy) is 1. The topological polar surface area (TPSA) is 80.0 Å². The first-order valence-corrected chi connectivity index (χ1v) is 8.57. The number of nitrogens with one attached hydrogen (secondary N) is 1. The van der Waals surface area contributed by atoms with E-state index in [0.29, 0.717) is 18.9 Å². The van der Waals surface area contributed by atoms with E-state index in [1.807, 2.05) is 25.1 Å². The number of rotatable bonds is 6. The molecule has 1 aliphatic rings. The van der Waals surface area contributed by atoms with E-state index in [-0.39, 0.29) is 11.7 Å². The van der Waals surface area contributed by atoms with Crippen molar-refractivity contribution in [2.24, 2.45) is 5.10 Å². The maximum atomic E-state index is 11.2. The second-order valence-corrected chi connectivity index (χ2v) is 6.10. The summed E-state index contributed by atoms with van der Waals surface area (Å²) in [5.74, 6) is 0. The monoisotopic (exact) mass is 354 g/mol. The average molecular weight is 354 g/mol. The molecule has 1 aliphatic heterocycles. The molecule has 3 rings (SSSR count). The van der Waals surface area contributed by atoms with E-state index in [9.17, 15) is 10.1 Å². The number of hydrogen-bond acceptors (Lipinski definition) is 6. The molecule has 0 saturated carbocycles. The minimum atomic E-state index is -0.413. The highest BCUT2D eigenvalue weighted by atomic mass is 16.6. The van der Waals surface area contributed by atoms with Crippen LogP contribution < -0.4 is 5.43 Å². The molecule has 0 bridgehead atoms. The molecule has 2 aromatic rings. The summed E-state index contributed by atoms with van der Waals surface area (Å²) in [6, 6.07) is 16.6. The van der Waals surface area contributed by atoms with Gasteiger partial charge in [-0.3, -0.25) is 20.4 Å². The second kappa shape index (κ2) is 8.55. The first-order chi connectivity index (χ1) is 12.7. The van der Waals surface area contributed by atoms with Gasteiger partial charge in [-0.15, -0.1) is 0 Å². The van der Waals surface area contributed by atoms with Crippen molar-refractivity contribution in [3.8, 4) is 0 Å². The normalized spacial score (nSPS) is 16.9. The third-order valence-corrected chi connectivity index (χ3v) is 4.38. The zero-order valence-electron chi connectivity index (χ0n) is 14.7. The van der Waals surface area contributed by atoms with Crippen LogP contribution in [0.3, 0.4) is 0 Å². The number of hydrogen-bond donors (Lipinski definition) is 1. The van der Waals surface area contributed by atoms with Gasteiger partial charge in [-0.1, -0.05) is 42.5 Å². The lowest BCUT2D eigenvalue weighted by Gasteiger charge is -2.34. The Kier molecular flexibility index (Phi) is 5.93. The van der Waals surface area contributed by atoms with Crippen LogP contribution in [-0.2, 0) is 4.74 Å². The van der Waals surface area contributed by atoms with Gasteiger partial charge in [0, 0.05) is 19.2 Å². The fourth-order valence-electron chi connectivity index (χ4n) is 3.12. The molecule has 1 fully saturated rings. The third kappa shape index (κ3) is 4.25. The molecule has 0 radical (unpaired) electrons. The van der Waals surface area contributed by atoms with Gasteiger partial charge in [0.2, 0.25) is 0 Å². The molecule has 0 unspecified atom stereocenters. The van der Waals surface area contributed by atoms with E-state index in [0.717, 1.165) is 24.4 Å². The van der Waals surface area contributed by atoms with E-state index in [1.165, 1.54) is 6.07 Å². The number of hydrazone groups is 1. The van der Waals surface area contributed by atoms with Gasteiger partial charge in [0.15, 0.2) is 0 Å². The summed E-state index contributed by atoms with van der Waals surface area (Å²) >= 11 is 0. The third-order valence-electron chi connectivity index (χ3n) is 4.38. The molecule has 136 valence electrons. The number of nitro groups is 1. The number of benzene rings is 2. The zero-order valence-corrected chi connectivity index (χ0v) is 14.7. The Labute approximate surface area is 152 Å². The van der Waals surface area contributed by atoms with Crippen molar-refractivity contribution in [3.05, 3.63) is 70.3 Å². The van der Waals surface area contributed by atoms with Crippen molar-refractivity contribution in [3.63, 3.8) is 0 Å². The molecule has 1 atom stereocenters. The number of para-hydroxylation sites is 2. The van der Waals surface area contributed by atoms with Crippen LogP contribution in [0.25, 0.3) is 0 Å². The largest absolute Gasteiger partial charge is 0.379 e. The summed E-state index contributed by atoms with van der Waals surface area (Å²) in [4.78, 5) is 13.1. The summed E-state index contributed by atoms with van der Waals surface area (Å²) in [5.41, 5.74) is 5.24. The van der Waals surface area contributed by atoms with E-state index >= 15 is 0 Å². The van der Waals surface area contributed by atoms with Gasteiger partial charge in [-0.2, -0.15) is 5.10 Å². The maximum absolute atomic E-state index is 11.2. The van der Waals surface area contributed by atoms with Crippen LogP contribution in [0, 0.1) is 10.1 Å². The molecular weight excluding hydrogens is 332 g/mol. The Morgan fingerprint density at radius 2 is 1.81 bits per heavy atom. The molecule has 1 heterocycles. The van der Waals surface area contributed by atoms with Crippen molar-refractivity contribution in [2.75, 3.05) is 31.7 Å². The number of anilines is 1. The van der Waals surface area contributed by atoms with Gasteiger partial charge in [0.1, 0.15) is 5.69 Å². The summed E-state index contributed by atoms with van der Waals surface area (Å²) in [5, 5.41) is 15.6. The average Bonchev–Trinajstić information content (AvgIpc) is 2.68. The molecule has 0 aromatic heterocycles. The van der Waals surface area contributed by atoms with Crippen molar-refractivity contribution >= 4 is 17.1 Å². The van der Waals surface area contributed by atoms with E-state index < -0.39 is 4.92 Å². The quantitative estimate of drug-likeness (QED) is 0.488. The fraction of sp³-hybridized carbons (Fsp3) is 0.316. The standard InChI is InChI=1S/C19H22N4O3/c1-15(20-21-17-9-5-6-10-18(17)23(24)25)19(16-7-3-2-4-8-16)22-11-13-26-14-12-22/h2-10,19,21H,11-14H2,1H3/b20-15-/t19-/m0/s1. The lowest BCUT2D eigenvalue weighted by Crippen LogP contribution is -2.41. The minimum absolute atomic E-state index is 0.00429. The Morgan fingerprint density at radius 3 is 2.50 bits per heavy atom. The van der Waals surface area contributed by atoms with Crippen LogP contribution in [0.15, 0.2) is 59.7 Å². The lowest BCUT2D eigenvalue weighted by atomic mass is 10.0. The summed E-state index contributed by atoms with van der Waals surface area (Å²) < 4.78 is 5.46. The highest BCUT2D eigenvalue weighted by Crippen LogP contribution is 2.26. The van der Waals surface area contributed by atoms with Gasteiger partial charge in [0.25, 0.3) is 5.69 Å². The molecule has 0 amide bonds. The van der Waals surface area contributed by atoms with Crippen LogP contribution >= 0.6 is 0 Å². The first-order valence-electron chi connectivity index (χ1n) is 8.57. The van der Waals surface area contributed by atoms with Crippen LogP contribution in [-0.4, -0.2) is 41.8 Å². The molecule has 0 spiro atoms. The van der Waals surface area contributed by atoms with Crippen molar-refractivity contribution in [2.45, 2.75) is 13.0 Å². The van der Waals surface area contributed by atoms with Gasteiger partial charge in [-0.05, 0) is 18.6 Å². The predicted molar refractivity (Wildman–Crippen MR) is 101 cm³/mol. The number of nitrogens with zero attached hydrogens (tertiary/aromatic N) is 3. The van der Waals surface area contributed by atoms with Gasteiger partial charge >= 0.3 is 0 Å². The Bertz CT molecular complexity index is 773. The van der Waals surface area contributed by atoms with E-state index in [2.05, 4.69) is 27.6 Å². The Morgan fingerprint density at radius 1 is 1.15 bits per heavy atom. The smallest absolute Gasteiger partial charge is 0.294 e. The highest BCUT2D eigenvalue weighted by molar-refractivity contribution is 5.89. The molecule has 0 aliphatic carbocycles. The predicted octanol–water partition coefficient (Wildman–Crippen LogP) is 3.46. The lowest BCUT2D eigenvalue weighted by molar-refractivity contribution is -0.384. The van der Waals surface area contributed by atoms with Crippen LogP contribution in [0.1, 0.15) is 18.5 Å². The number of nitro benzene ring substituents is 1. The molecule has 2 aromatic carbocycles. The maximum Gasteiger partial charge on any atom is 0.294 e. The van der Waals surface area contributed by atoms with Gasteiger partial charge in [0.05, 0.1) is 29.9 Å². The number of morpholine rings is 1. The van der Waals surface area contributed by atoms with Crippen molar-refractivity contribution < 1.29 is 9.66 Å². The van der Waals surface area contributed by atoms with Crippen LogP contribution in [0.2, 0.25) is 0 Å². The highest BCUT2D eigenvalue weighted by Gasteiger charge is 2.25. The van der Waals surface area contributed by atoms with E-state index in [4.69, 9.17) is 4.74 Å².